The Hall–Kier alpha value is -1.56. The number of alkyl halides is 3. The van der Waals surface area contributed by atoms with Gasteiger partial charge in [-0.2, -0.15) is 13.2 Å². The molecule has 0 fully saturated rings. The van der Waals surface area contributed by atoms with Crippen LogP contribution in [0.4, 0.5) is 13.2 Å². The quantitative estimate of drug-likeness (QED) is 0.833. The van der Waals surface area contributed by atoms with E-state index < -0.39 is 24.2 Å². The van der Waals surface area contributed by atoms with Crippen LogP contribution in [0.2, 0.25) is 0 Å². The number of hydrogen-bond acceptors (Lipinski definition) is 3. The molecule has 0 amide bonds. The molecule has 0 saturated heterocycles. The average molecular weight is 248 g/mol. The average Bonchev–Trinajstić information content (AvgIpc) is 2.28. The van der Waals surface area contributed by atoms with Crippen LogP contribution in [-0.2, 0) is 9.53 Å². The highest BCUT2D eigenvalue weighted by molar-refractivity contribution is 5.74. The third-order valence-electron chi connectivity index (χ3n) is 2.26. The molecule has 0 bridgehead atoms. The number of hydrogen-bond donors (Lipinski definition) is 1. The lowest BCUT2D eigenvalue weighted by atomic mass is 9.95. The van der Waals surface area contributed by atoms with Gasteiger partial charge in [0.25, 0.3) is 0 Å². The highest BCUT2D eigenvalue weighted by Crippen LogP contribution is 2.36. The number of rotatable bonds is 3. The third-order valence-corrected chi connectivity index (χ3v) is 2.26. The Morgan fingerprint density at radius 2 is 1.82 bits per heavy atom. The van der Waals surface area contributed by atoms with E-state index in [1.165, 1.54) is 24.3 Å². The second-order valence-corrected chi connectivity index (χ2v) is 3.40. The van der Waals surface area contributed by atoms with Crippen LogP contribution in [0, 0.1) is 5.92 Å². The molecular weight excluding hydrogens is 237 g/mol. The van der Waals surface area contributed by atoms with Crippen LogP contribution in [0.3, 0.4) is 0 Å². The first-order chi connectivity index (χ1) is 7.88. The molecule has 0 radical (unpaired) electrons. The van der Waals surface area contributed by atoms with Crippen molar-refractivity contribution in [2.75, 3.05) is 7.11 Å². The van der Waals surface area contributed by atoms with Gasteiger partial charge in [0, 0.05) is 0 Å². The molecule has 1 rings (SSSR count). The van der Waals surface area contributed by atoms with Crippen molar-refractivity contribution in [1.29, 1.82) is 0 Å². The minimum atomic E-state index is -4.86. The summed E-state index contributed by atoms with van der Waals surface area (Å²) in [4.78, 5) is 11.1. The van der Waals surface area contributed by atoms with Gasteiger partial charge < -0.3 is 9.84 Å². The number of methoxy groups -OCH3 is 1. The number of aliphatic hydroxyl groups is 1. The van der Waals surface area contributed by atoms with Crippen molar-refractivity contribution >= 4 is 5.97 Å². The first kappa shape index (κ1) is 13.5. The molecule has 0 heterocycles. The van der Waals surface area contributed by atoms with Gasteiger partial charge in [-0.25, -0.2) is 0 Å². The van der Waals surface area contributed by atoms with Crippen molar-refractivity contribution in [3.63, 3.8) is 0 Å². The number of aliphatic hydroxyl groups excluding tert-OH is 1. The summed E-state index contributed by atoms with van der Waals surface area (Å²) in [6.07, 6.45) is -6.83. The summed E-state index contributed by atoms with van der Waals surface area (Å²) in [5.74, 6) is -4.08. The maximum Gasteiger partial charge on any atom is 0.405 e. The second-order valence-electron chi connectivity index (χ2n) is 3.40. The maximum absolute atomic E-state index is 12.6. The van der Waals surface area contributed by atoms with Gasteiger partial charge in [0.2, 0.25) is 0 Å². The Kier molecular flexibility index (Phi) is 4.11. The monoisotopic (exact) mass is 248 g/mol. The van der Waals surface area contributed by atoms with Crippen LogP contribution < -0.4 is 0 Å². The van der Waals surface area contributed by atoms with Crippen molar-refractivity contribution < 1.29 is 27.8 Å². The molecule has 0 aliphatic heterocycles. The number of benzene rings is 1. The van der Waals surface area contributed by atoms with Crippen LogP contribution >= 0.6 is 0 Å². The fourth-order valence-corrected chi connectivity index (χ4v) is 1.41. The lowest BCUT2D eigenvalue weighted by Crippen LogP contribution is -2.36. The molecule has 0 aliphatic rings. The van der Waals surface area contributed by atoms with Gasteiger partial charge in [0.05, 0.1) is 7.11 Å². The Balaban J connectivity index is 3.04. The van der Waals surface area contributed by atoms with Crippen molar-refractivity contribution in [1.82, 2.24) is 0 Å². The van der Waals surface area contributed by atoms with Crippen LogP contribution in [0.5, 0.6) is 0 Å². The highest BCUT2D eigenvalue weighted by Gasteiger charge is 2.50. The number of esters is 1. The Labute approximate surface area is 95.8 Å². The SMILES string of the molecule is COC(=O)[C@H]([C@H](O)c1ccccc1)C(F)(F)F. The molecule has 0 saturated carbocycles. The third kappa shape index (κ3) is 3.20. The van der Waals surface area contributed by atoms with Gasteiger partial charge in [0.15, 0.2) is 5.92 Å². The number of carbonyl (C=O) groups excluding carboxylic acids is 1. The van der Waals surface area contributed by atoms with E-state index in [0.717, 1.165) is 7.11 Å². The first-order valence-corrected chi connectivity index (χ1v) is 4.75. The minimum absolute atomic E-state index is 0.0141. The number of carbonyl (C=O) groups is 1. The van der Waals surface area contributed by atoms with Crippen LogP contribution in [-0.4, -0.2) is 24.4 Å². The molecule has 6 heteroatoms. The van der Waals surface area contributed by atoms with E-state index in [9.17, 15) is 23.1 Å². The van der Waals surface area contributed by atoms with E-state index in [-0.39, 0.29) is 5.56 Å². The summed E-state index contributed by atoms with van der Waals surface area (Å²) >= 11 is 0. The van der Waals surface area contributed by atoms with E-state index in [2.05, 4.69) is 4.74 Å². The molecular formula is C11H11F3O3. The zero-order valence-electron chi connectivity index (χ0n) is 8.94. The molecule has 94 valence electrons. The summed E-state index contributed by atoms with van der Waals surface area (Å²) in [6.45, 7) is 0. The van der Waals surface area contributed by atoms with Crippen LogP contribution in [0.15, 0.2) is 30.3 Å². The van der Waals surface area contributed by atoms with Crippen molar-refractivity contribution in [2.45, 2.75) is 12.3 Å². The van der Waals surface area contributed by atoms with E-state index in [1.54, 1.807) is 6.07 Å². The van der Waals surface area contributed by atoms with Gasteiger partial charge in [-0.05, 0) is 5.56 Å². The summed E-state index contributed by atoms with van der Waals surface area (Å²) in [6, 6.07) is 7.17. The lowest BCUT2D eigenvalue weighted by molar-refractivity contribution is -0.214. The van der Waals surface area contributed by atoms with E-state index in [0.29, 0.717) is 0 Å². The topological polar surface area (TPSA) is 46.5 Å². The van der Waals surface area contributed by atoms with E-state index in [4.69, 9.17) is 0 Å². The molecule has 0 aliphatic carbocycles. The van der Waals surface area contributed by atoms with E-state index >= 15 is 0 Å². The van der Waals surface area contributed by atoms with Crippen LogP contribution in [0.1, 0.15) is 11.7 Å². The fourth-order valence-electron chi connectivity index (χ4n) is 1.41. The molecule has 1 aromatic rings. The zero-order chi connectivity index (χ0) is 13.1. The molecule has 17 heavy (non-hydrogen) atoms. The van der Waals surface area contributed by atoms with Crippen LogP contribution in [0.25, 0.3) is 0 Å². The van der Waals surface area contributed by atoms with Gasteiger partial charge >= 0.3 is 12.1 Å². The highest BCUT2D eigenvalue weighted by atomic mass is 19.4. The summed E-state index contributed by atoms with van der Waals surface area (Å²) in [5.41, 5.74) is 0.0141. The molecule has 0 unspecified atom stereocenters. The summed E-state index contributed by atoms with van der Waals surface area (Å²) in [5, 5.41) is 9.60. The normalized spacial score (nSPS) is 15.1. The van der Waals surface area contributed by atoms with Gasteiger partial charge in [-0.3, -0.25) is 4.79 Å². The first-order valence-electron chi connectivity index (χ1n) is 4.75. The zero-order valence-corrected chi connectivity index (χ0v) is 8.94. The maximum atomic E-state index is 12.6. The predicted molar refractivity (Wildman–Crippen MR) is 53.0 cm³/mol. The Bertz CT molecular complexity index is 375. The number of ether oxygens (including phenoxy) is 1. The molecule has 0 spiro atoms. The largest absolute Gasteiger partial charge is 0.468 e. The lowest BCUT2D eigenvalue weighted by Gasteiger charge is -2.23. The van der Waals surface area contributed by atoms with Crippen molar-refractivity contribution in [3.05, 3.63) is 35.9 Å². The summed E-state index contributed by atoms with van der Waals surface area (Å²) in [7, 11) is 0.846. The molecule has 1 N–H and O–H groups in total. The molecule has 1 aromatic carbocycles. The van der Waals surface area contributed by atoms with E-state index in [1.807, 2.05) is 0 Å². The summed E-state index contributed by atoms with van der Waals surface area (Å²) < 4.78 is 42.0. The molecule has 2 atom stereocenters. The molecule has 0 aromatic heterocycles. The Morgan fingerprint density at radius 1 is 1.29 bits per heavy atom. The Morgan fingerprint density at radius 3 is 2.24 bits per heavy atom. The van der Waals surface area contributed by atoms with Gasteiger partial charge in [-0.1, -0.05) is 30.3 Å². The van der Waals surface area contributed by atoms with Crippen molar-refractivity contribution in [2.24, 2.45) is 5.92 Å². The standard InChI is InChI=1S/C11H11F3O3/c1-17-10(16)8(11(12,13)14)9(15)7-5-3-2-4-6-7/h2-6,8-9,15H,1H3/t8-,9+/m0/s1. The molecule has 3 nitrogen and oxygen atoms in total. The van der Waals surface area contributed by atoms with Gasteiger partial charge in [0.1, 0.15) is 6.10 Å². The fraction of sp³-hybridized carbons (Fsp3) is 0.364. The second kappa shape index (κ2) is 5.18. The smallest absolute Gasteiger partial charge is 0.405 e. The minimum Gasteiger partial charge on any atom is -0.468 e. The van der Waals surface area contributed by atoms with Gasteiger partial charge in [-0.15, -0.1) is 0 Å². The number of halogens is 3. The predicted octanol–water partition coefficient (Wildman–Crippen LogP) is 2.07. The van der Waals surface area contributed by atoms with Crippen molar-refractivity contribution in [3.8, 4) is 0 Å².